The lowest BCUT2D eigenvalue weighted by Crippen LogP contribution is -2.50. The van der Waals surface area contributed by atoms with Gasteiger partial charge in [-0.05, 0) is 24.1 Å². The number of hydrogen-bond donors (Lipinski definition) is 2. The molecule has 4 nitrogen and oxygen atoms in total. The van der Waals surface area contributed by atoms with Crippen LogP contribution in [0.25, 0.3) is 0 Å². The third-order valence-corrected chi connectivity index (χ3v) is 3.78. The van der Waals surface area contributed by atoms with Crippen LogP contribution in [0.5, 0.6) is 0 Å². The van der Waals surface area contributed by atoms with Crippen LogP contribution >= 0.6 is 11.6 Å². The van der Waals surface area contributed by atoms with Gasteiger partial charge in [0, 0.05) is 23.7 Å². The highest BCUT2D eigenvalue weighted by Gasteiger charge is 2.48. The van der Waals surface area contributed by atoms with Gasteiger partial charge in [-0.2, -0.15) is 0 Å². The summed E-state index contributed by atoms with van der Waals surface area (Å²) in [6.45, 7) is 0.367. The van der Waals surface area contributed by atoms with Gasteiger partial charge in [0.2, 0.25) is 11.8 Å². The summed E-state index contributed by atoms with van der Waals surface area (Å²) in [5, 5.41) is 6.20. The Balaban J connectivity index is 2.07. The largest absolute Gasteiger partial charge is 0.355 e. The lowest BCUT2D eigenvalue weighted by Gasteiger charge is -2.31. The number of benzene rings is 1. The average Bonchev–Trinajstić information content (AvgIpc) is 2.55. The van der Waals surface area contributed by atoms with Gasteiger partial charge in [-0.3, -0.25) is 9.59 Å². The standard InChI is InChI=1S/C12H11ClN2O2/c13-7-1-2-8-9(5-7)15-11(17)12(8)4-3-10(16)14-6-12/h1-2,5H,3-4,6H2,(H,14,16)(H,15,17)/t12-/m0/s1. The van der Waals surface area contributed by atoms with Crippen molar-refractivity contribution in [2.24, 2.45) is 0 Å². The zero-order valence-electron chi connectivity index (χ0n) is 9.05. The van der Waals surface area contributed by atoms with Gasteiger partial charge in [0.25, 0.3) is 0 Å². The lowest BCUT2D eigenvalue weighted by atomic mass is 9.75. The number of carbonyl (C=O) groups is 2. The van der Waals surface area contributed by atoms with Crippen molar-refractivity contribution in [3.63, 3.8) is 0 Å². The van der Waals surface area contributed by atoms with Crippen molar-refractivity contribution in [2.45, 2.75) is 18.3 Å². The Morgan fingerprint density at radius 1 is 1.29 bits per heavy atom. The van der Waals surface area contributed by atoms with Crippen molar-refractivity contribution in [2.75, 3.05) is 11.9 Å². The Morgan fingerprint density at radius 2 is 2.12 bits per heavy atom. The second kappa shape index (κ2) is 3.47. The van der Waals surface area contributed by atoms with Gasteiger partial charge >= 0.3 is 0 Å². The summed E-state index contributed by atoms with van der Waals surface area (Å²) in [5.41, 5.74) is 1.10. The van der Waals surface area contributed by atoms with Gasteiger partial charge in [0.1, 0.15) is 0 Å². The fourth-order valence-electron chi connectivity index (χ4n) is 2.58. The lowest BCUT2D eigenvalue weighted by molar-refractivity contribution is -0.127. The van der Waals surface area contributed by atoms with E-state index in [0.717, 1.165) is 11.3 Å². The van der Waals surface area contributed by atoms with Gasteiger partial charge < -0.3 is 10.6 Å². The van der Waals surface area contributed by atoms with E-state index in [0.29, 0.717) is 24.4 Å². The van der Waals surface area contributed by atoms with Crippen molar-refractivity contribution in [1.82, 2.24) is 5.32 Å². The Labute approximate surface area is 103 Å². The summed E-state index contributed by atoms with van der Waals surface area (Å²) >= 11 is 5.90. The van der Waals surface area contributed by atoms with Gasteiger partial charge in [0.15, 0.2) is 0 Å². The minimum Gasteiger partial charge on any atom is -0.355 e. The first-order chi connectivity index (χ1) is 8.12. The van der Waals surface area contributed by atoms with Crippen LogP contribution in [0.4, 0.5) is 5.69 Å². The first kappa shape index (κ1) is 10.6. The van der Waals surface area contributed by atoms with E-state index in [-0.39, 0.29) is 11.8 Å². The second-order valence-electron chi connectivity index (χ2n) is 4.50. The summed E-state index contributed by atoms with van der Waals surface area (Å²) in [6, 6.07) is 5.39. The van der Waals surface area contributed by atoms with E-state index >= 15 is 0 Å². The summed E-state index contributed by atoms with van der Waals surface area (Å²) in [6.07, 6.45) is 0.939. The average molecular weight is 251 g/mol. The molecule has 1 aromatic rings. The second-order valence-corrected chi connectivity index (χ2v) is 4.94. The maximum atomic E-state index is 12.1. The molecule has 2 amide bonds. The van der Waals surface area contributed by atoms with Crippen molar-refractivity contribution < 1.29 is 9.59 Å². The Hall–Kier alpha value is -1.55. The number of piperidine rings is 1. The topological polar surface area (TPSA) is 58.2 Å². The van der Waals surface area contributed by atoms with Gasteiger partial charge in [-0.1, -0.05) is 17.7 Å². The molecule has 1 spiro atoms. The molecule has 17 heavy (non-hydrogen) atoms. The number of halogens is 1. The van der Waals surface area contributed by atoms with Gasteiger partial charge in [-0.25, -0.2) is 0 Å². The number of nitrogens with one attached hydrogen (secondary N) is 2. The van der Waals surface area contributed by atoms with E-state index in [1.54, 1.807) is 12.1 Å². The summed E-state index contributed by atoms with van der Waals surface area (Å²) in [7, 11) is 0. The number of carbonyl (C=O) groups excluding carboxylic acids is 2. The van der Waals surface area contributed by atoms with E-state index in [1.165, 1.54) is 0 Å². The fraction of sp³-hybridized carbons (Fsp3) is 0.333. The molecule has 2 aliphatic rings. The SMILES string of the molecule is O=C1CC[C@@]2(CN1)C(=O)Nc1cc(Cl)ccc12. The molecule has 1 saturated heterocycles. The molecule has 1 aromatic carbocycles. The number of hydrogen-bond acceptors (Lipinski definition) is 2. The molecular weight excluding hydrogens is 240 g/mol. The number of anilines is 1. The molecule has 0 bridgehead atoms. The molecule has 0 saturated carbocycles. The van der Waals surface area contributed by atoms with Crippen LogP contribution in [0, 0.1) is 0 Å². The molecule has 5 heteroatoms. The summed E-state index contributed by atoms with van der Waals surface area (Å²) in [5.74, 6) is -0.0411. The number of rotatable bonds is 0. The normalized spacial score (nSPS) is 26.6. The van der Waals surface area contributed by atoms with Crippen molar-refractivity contribution in [3.05, 3.63) is 28.8 Å². The molecule has 0 radical (unpaired) electrons. The summed E-state index contributed by atoms with van der Waals surface area (Å²) in [4.78, 5) is 23.3. The molecule has 2 heterocycles. The van der Waals surface area contributed by atoms with E-state index in [9.17, 15) is 9.59 Å². The van der Waals surface area contributed by atoms with Crippen LogP contribution in [0.3, 0.4) is 0 Å². The number of fused-ring (bicyclic) bond motifs is 2. The third kappa shape index (κ3) is 1.44. The predicted molar refractivity (Wildman–Crippen MR) is 64.0 cm³/mol. The van der Waals surface area contributed by atoms with Gasteiger partial charge in [-0.15, -0.1) is 0 Å². The highest BCUT2D eigenvalue weighted by Crippen LogP contribution is 2.42. The Bertz CT molecular complexity index is 517. The predicted octanol–water partition coefficient (Wildman–Crippen LogP) is 1.44. The van der Waals surface area contributed by atoms with Crippen molar-refractivity contribution in [1.29, 1.82) is 0 Å². The highest BCUT2D eigenvalue weighted by molar-refractivity contribution is 6.31. The monoisotopic (exact) mass is 250 g/mol. The fourth-order valence-corrected chi connectivity index (χ4v) is 2.75. The van der Waals surface area contributed by atoms with E-state index in [4.69, 9.17) is 11.6 Å². The smallest absolute Gasteiger partial charge is 0.236 e. The number of amides is 2. The van der Waals surface area contributed by atoms with Crippen LogP contribution in [-0.2, 0) is 15.0 Å². The zero-order chi connectivity index (χ0) is 12.0. The first-order valence-electron chi connectivity index (χ1n) is 5.50. The molecule has 1 fully saturated rings. The Kier molecular flexibility index (Phi) is 2.16. The van der Waals surface area contributed by atoms with E-state index < -0.39 is 5.41 Å². The molecule has 2 N–H and O–H groups in total. The molecule has 3 rings (SSSR count). The molecule has 0 aliphatic carbocycles. The first-order valence-corrected chi connectivity index (χ1v) is 5.88. The quantitative estimate of drug-likeness (QED) is 0.732. The zero-order valence-corrected chi connectivity index (χ0v) is 9.80. The van der Waals surface area contributed by atoms with Crippen LogP contribution in [-0.4, -0.2) is 18.4 Å². The maximum absolute atomic E-state index is 12.1. The molecular formula is C12H11ClN2O2. The minimum atomic E-state index is -0.603. The summed E-state index contributed by atoms with van der Waals surface area (Å²) < 4.78 is 0. The van der Waals surface area contributed by atoms with Crippen molar-refractivity contribution >= 4 is 29.1 Å². The Morgan fingerprint density at radius 3 is 2.82 bits per heavy atom. The van der Waals surface area contributed by atoms with Crippen LogP contribution in [0.15, 0.2) is 18.2 Å². The van der Waals surface area contributed by atoms with E-state index in [2.05, 4.69) is 10.6 Å². The third-order valence-electron chi connectivity index (χ3n) is 3.55. The molecule has 1 atom stereocenters. The molecule has 0 aromatic heterocycles. The van der Waals surface area contributed by atoms with Crippen LogP contribution in [0.1, 0.15) is 18.4 Å². The maximum Gasteiger partial charge on any atom is 0.236 e. The molecule has 2 aliphatic heterocycles. The van der Waals surface area contributed by atoms with Crippen LogP contribution < -0.4 is 10.6 Å². The van der Waals surface area contributed by atoms with Crippen molar-refractivity contribution in [3.8, 4) is 0 Å². The van der Waals surface area contributed by atoms with Crippen LogP contribution in [0.2, 0.25) is 5.02 Å². The minimum absolute atomic E-state index is 0.00541. The molecule has 0 unspecified atom stereocenters. The molecule has 88 valence electrons. The highest BCUT2D eigenvalue weighted by atomic mass is 35.5. The van der Waals surface area contributed by atoms with Gasteiger partial charge in [0.05, 0.1) is 5.41 Å². The van der Waals surface area contributed by atoms with E-state index in [1.807, 2.05) is 6.07 Å².